The summed E-state index contributed by atoms with van der Waals surface area (Å²) in [6.07, 6.45) is 1.17. The van der Waals surface area contributed by atoms with E-state index in [2.05, 4.69) is 10.3 Å². The molecule has 0 unspecified atom stereocenters. The van der Waals surface area contributed by atoms with Gasteiger partial charge in [-0.2, -0.15) is 0 Å². The van der Waals surface area contributed by atoms with Gasteiger partial charge in [-0.1, -0.05) is 0 Å². The largest absolute Gasteiger partial charge is 0.322 e. The molecule has 1 N–H and O–H groups in total. The molecule has 0 atom stereocenters. The van der Waals surface area contributed by atoms with Crippen LogP contribution in [-0.2, 0) is 11.3 Å². The van der Waals surface area contributed by atoms with E-state index in [1.165, 1.54) is 36.7 Å². The highest BCUT2D eigenvalue weighted by atomic mass is 19.1. The van der Waals surface area contributed by atoms with Crippen molar-refractivity contribution in [2.24, 2.45) is 0 Å². The topological polar surface area (TPSA) is 64.0 Å². The van der Waals surface area contributed by atoms with Gasteiger partial charge in [0.05, 0.1) is 17.7 Å². The van der Waals surface area contributed by atoms with Crippen LogP contribution in [0.25, 0.3) is 11.3 Å². The third-order valence-corrected chi connectivity index (χ3v) is 3.54. The first-order valence-corrected chi connectivity index (χ1v) is 7.50. The molecule has 1 heterocycles. The smallest absolute Gasteiger partial charge is 0.254 e. The normalized spacial score (nSPS) is 10.6. The van der Waals surface area contributed by atoms with Gasteiger partial charge < -0.3 is 5.32 Å². The third-order valence-electron chi connectivity index (χ3n) is 3.54. The van der Waals surface area contributed by atoms with Gasteiger partial charge >= 0.3 is 0 Å². The fourth-order valence-electron chi connectivity index (χ4n) is 2.26. The fraction of sp³-hybridized carbons (Fsp3) is 0.0556. The number of hydrogen-bond acceptors (Lipinski definition) is 3. The first kappa shape index (κ1) is 17.4. The fourth-order valence-corrected chi connectivity index (χ4v) is 2.26. The van der Waals surface area contributed by atoms with Crippen LogP contribution in [-0.4, -0.2) is 15.5 Å². The lowest BCUT2D eigenvalue weighted by Crippen LogP contribution is -2.27. The van der Waals surface area contributed by atoms with Crippen LogP contribution >= 0.6 is 0 Å². The van der Waals surface area contributed by atoms with Crippen LogP contribution in [0, 0.1) is 17.5 Å². The zero-order valence-electron chi connectivity index (χ0n) is 13.2. The van der Waals surface area contributed by atoms with Gasteiger partial charge in [0.2, 0.25) is 5.91 Å². The maximum Gasteiger partial charge on any atom is 0.254 e. The molecule has 0 aliphatic rings. The molecule has 0 saturated heterocycles. The Labute approximate surface area is 145 Å². The first-order chi connectivity index (χ1) is 12.4. The van der Waals surface area contributed by atoms with E-state index < -0.39 is 35.5 Å². The van der Waals surface area contributed by atoms with Crippen LogP contribution in [0.3, 0.4) is 0 Å². The lowest BCUT2D eigenvalue weighted by Gasteiger charge is -2.09. The summed E-state index contributed by atoms with van der Waals surface area (Å²) >= 11 is 0. The van der Waals surface area contributed by atoms with Crippen LogP contribution in [0.5, 0.6) is 0 Å². The Bertz CT molecular complexity index is 1020. The lowest BCUT2D eigenvalue weighted by atomic mass is 10.1. The van der Waals surface area contributed by atoms with Gasteiger partial charge in [-0.15, -0.1) is 0 Å². The molecule has 0 spiro atoms. The molecule has 1 amide bonds. The number of amides is 1. The molecule has 1 aromatic heterocycles. The minimum Gasteiger partial charge on any atom is -0.322 e. The minimum absolute atomic E-state index is 0.194. The molecule has 8 heteroatoms. The van der Waals surface area contributed by atoms with Crippen molar-refractivity contribution in [1.29, 1.82) is 0 Å². The van der Waals surface area contributed by atoms with Gasteiger partial charge in [-0.05, 0) is 36.4 Å². The molecule has 26 heavy (non-hydrogen) atoms. The number of nitrogens with one attached hydrogen (secondary N) is 1. The van der Waals surface area contributed by atoms with Gasteiger partial charge in [0, 0.05) is 17.7 Å². The molecule has 3 aromatic rings. The Hall–Kier alpha value is -3.42. The van der Waals surface area contributed by atoms with Gasteiger partial charge in [-0.25, -0.2) is 18.2 Å². The quantitative estimate of drug-likeness (QED) is 0.779. The number of rotatable bonds is 4. The lowest BCUT2D eigenvalue weighted by molar-refractivity contribution is -0.116. The second kappa shape index (κ2) is 7.22. The summed E-state index contributed by atoms with van der Waals surface area (Å²) in [7, 11) is 0. The Kier molecular flexibility index (Phi) is 4.83. The maximum absolute atomic E-state index is 13.5. The van der Waals surface area contributed by atoms with Crippen molar-refractivity contribution >= 4 is 11.6 Å². The Morgan fingerprint density at radius 1 is 1.00 bits per heavy atom. The first-order valence-electron chi connectivity index (χ1n) is 7.50. The van der Waals surface area contributed by atoms with E-state index in [0.717, 1.165) is 16.7 Å². The standard InChI is InChI=1S/C18H12F3N3O2/c19-12-3-1-11(2-4-12)16-8-18(26)24(10-22-16)9-17(25)23-15-6-5-13(20)7-14(15)21/h1-8,10H,9H2,(H,23,25). The third kappa shape index (κ3) is 3.97. The van der Waals surface area contributed by atoms with Gasteiger partial charge in [0.25, 0.3) is 5.56 Å². The zero-order chi connectivity index (χ0) is 18.7. The van der Waals surface area contributed by atoms with E-state index >= 15 is 0 Å². The van der Waals surface area contributed by atoms with Crippen LogP contribution in [0.15, 0.2) is 59.7 Å². The second-order valence-electron chi connectivity index (χ2n) is 5.42. The number of nitrogens with zero attached hydrogens (tertiary/aromatic N) is 2. The van der Waals surface area contributed by atoms with E-state index in [0.29, 0.717) is 17.3 Å². The molecule has 132 valence electrons. The molecule has 0 bridgehead atoms. The summed E-state index contributed by atoms with van der Waals surface area (Å²) in [6, 6.07) is 9.38. The maximum atomic E-state index is 13.5. The van der Waals surface area contributed by atoms with E-state index in [4.69, 9.17) is 0 Å². The number of halogens is 3. The van der Waals surface area contributed by atoms with Crippen LogP contribution in [0.4, 0.5) is 18.9 Å². The second-order valence-corrected chi connectivity index (χ2v) is 5.42. The van der Waals surface area contributed by atoms with Crippen molar-refractivity contribution in [2.75, 3.05) is 5.32 Å². The Morgan fingerprint density at radius 3 is 2.35 bits per heavy atom. The number of carbonyl (C=O) groups excluding carboxylic acids is 1. The van der Waals surface area contributed by atoms with Crippen LogP contribution in [0.1, 0.15) is 0 Å². The Morgan fingerprint density at radius 2 is 1.69 bits per heavy atom. The van der Waals surface area contributed by atoms with Crippen LogP contribution < -0.4 is 10.9 Å². The predicted molar refractivity (Wildman–Crippen MR) is 88.9 cm³/mol. The van der Waals surface area contributed by atoms with Crippen molar-refractivity contribution < 1.29 is 18.0 Å². The van der Waals surface area contributed by atoms with E-state index in [-0.39, 0.29) is 5.69 Å². The number of anilines is 1. The summed E-state index contributed by atoms with van der Waals surface area (Å²) in [5.41, 5.74) is 0.180. The summed E-state index contributed by atoms with van der Waals surface area (Å²) < 4.78 is 40.4. The monoisotopic (exact) mass is 359 g/mol. The molecule has 0 saturated carbocycles. The molecule has 5 nitrogen and oxygen atoms in total. The highest BCUT2D eigenvalue weighted by Gasteiger charge is 2.10. The van der Waals surface area contributed by atoms with Gasteiger partial charge in [-0.3, -0.25) is 14.2 Å². The highest BCUT2D eigenvalue weighted by Crippen LogP contribution is 2.16. The molecule has 0 aliphatic heterocycles. The minimum atomic E-state index is -0.921. The number of hydrogen-bond donors (Lipinski definition) is 1. The van der Waals surface area contributed by atoms with Crippen molar-refractivity contribution in [3.63, 3.8) is 0 Å². The molecular weight excluding hydrogens is 347 g/mol. The van der Waals surface area contributed by atoms with Crippen molar-refractivity contribution in [3.05, 3.63) is 82.7 Å². The zero-order valence-corrected chi connectivity index (χ0v) is 13.2. The molecule has 0 aliphatic carbocycles. The molecule has 2 aromatic carbocycles. The van der Waals surface area contributed by atoms with Crippen molar-refractivity contribution in [2.45, 2.75) is 6.54 Å². The number of carbonyl (C=O) groups is 1. The average Bonchev–Trinajstić information content (AvgIpc) is 2.60. The van der Waals surface area contributed by atoms with Crippen molar-refractivity contribution in [1.82, 2.24) is 9.55 Å². The van der Waals surface area contributed by atoms with E-state index in [1.54, 1.807) is 0 Å². The summed E-state index contributed by atoms with van der Waals surface area (Å²) in [5, 5.41) is 2.26. The van der Waals surface area contributed by atoms with Gasteiger partial charge in [0.15, 0.2) is 0 Å². The molecule has 0 fully saturated rings. The van der Waals surface area contributed by atoms with E-state index in [1.807, 2.05) is 0 Å². The average molecular weight is 359 g/mol. The summed E-state index contributed by atoms with van der Waals surface area (Å²) in [6.45, 7) is -0.396. The number of aromatic nitrogens is 2. The Balaban J connectivity index is 1.74. The SMILES string of the molecule is O=C(Cn1cnc(-c2ccc(F)cc2)cc1=O)Nc1ccc(F)cc1F. The summed E-state index contributed by atoms with van der Waals surface area (Å²) in [4.78, 5) is 28.2. The number of benzene rings is 2. The summed E-state index contributed by atoms with van der Waals surface area (Å²) in [5.74, 6) is -2.77. The van der Waals surface area contributed by atoms with Crippen molar-refractivity contribution in [3.8, 4) is 11.3 Å². The van der Waals surface area contributed by atoms with E-state index in [9.17, 15) is 22.8 Å². The molecule has 0 radical (unpaired) electrons. The van der Waals surface area contributed by atoms with Crippen LogP contribution in [0.2, 0.25) is 0 Å². The molecular formula is C18H12F3N3O2. The highest BCUT2D eigenvalue weighted by molar-refractivity contribution is 5.90. The van der Waals surface area contributed by atoms with Gasteiger partial charge in [0.1, 0.15) is 24.0 Å². The predicted octanol–water partition coefficient (Wildman–Crippen LogP) is 2.97. The molecule has 3 rings (SSSR count).